The molecule has 1 aromatic carbocycles. The normalized spacial score (nSPS) is 8.61. The first-order valence-electron chi connectivity index (χ1n) is 6.15. The molecule has 0 bridgehead atoms. The van der Waals surface area contributed by atoms with Gasteiger partial charge in [-0.25, -0.2) is 0 Å². The van der Waals surface area contributed by atoms with Crippen LogP contribution in [0, 0.1) is 12.8 Å². The maximum absolute atomic E-state index is 9.44. The lowest BCUT2D eigenvalue weighted by atomic mass is 10.1. The topological polar surface area (TPSA) is 43.1 Å². The molecule has 2 nitrogen and oxygen atoms in total. The van der Waals surface area contributed by atoms with Gasteiger partial charge in [-0.15, -0.1) is 0 Å². The predicted octanol–water partition coefficient (Wildman–Crippen LogP) is 4.18. The van der Waals surface area contributed by atoms with Crippen molar-refractivity contribution < 1.29 is 4.79 Å². The summed E-state index contributed by atoms with van der Waals surface area (Å²) >= 11 is 0. The summed E-state index contributed by atoms with van der Waals surface area (Å²) < 4.78 is 0. The number of hydrogen-bond donors (Lipinski definition) is 1. The van der Waals surface area contributed by atoms with E-state index in [0.717, 1.165) is 11.5 Å². The molecular formula is C16H27NO. The molecule has 0 aliphatic heterocycles. The molecule has 1 rings (SSSR count). The number of carbonyl (C=O) groups is 1. The Morgan fingerprint density at radius 1 is 1.22 bits per heavy atom. The van der Waals surface area contributed by atoms with Crippen LogP contribution in [0.2, 0.25) is 0 Å². The Morgan fingerprint density at radius 2 is 1.61 bits per heavy atom. The summed E-state index contributed by atoms with van der Waals surface area (Å²) in [6, 6.07) is 7.98. The molecule has 2 heteroatoms. The molecule has 0 amide bonds. The molecule has 2 N–H and O–H groups in total. The Kier molecular flexibility index (Phi) is 11.0. The molecule has 1 aromatic rings. The molecule has 18 heavy (non-hydrogen) atoms. The van der Waals surface area contributed by atoms with Crippen LogP contribution in [0.25, 0.3) is 5.70 Å². The van der Waals surface area contributed by atoms with Gasteiger partial charge in [0, 0.05) is 5.70 Å². The first-order valence-corrected chi connectivity index (χ1v) is 6.15. The van der Waals surface area contributed by atoms with E-state index in [0.29, 0.717) is 5.70 Å². The van der Waals surface area contributed by atoms with Gasteiger partial charge in [-0.2, -0.15) is 0 Å². The van der Waals surface area contributed by atoms with E-state index in [1.807, 2.05) is 31.2 Å². The molecular weight excluding hydrogens is 222 g/mol. The third-order valence-electron chi connectivity index (χ3n) is 1.39. The summed E-state index contributed by atoms with van der Waals surface area (Å²) in [5, 5.41) is 0. The second-order valence-corrected chi connectivity index (χ2v) is 5.04. The van der Waals surface area contributed by atoms with Crippen molar-refractivity contribution in [1.29, 1.82) is 0 Å². The fourth-order valence-electron chi connectivity index (χ4n) is 0.845. The number of benzene rings is 1. The summed E-state index contributed by atoms with van der Waals surface area (Å²) in [5.74, 6) is 1.00. The molecule has 0 saturated heterocycles. The zero-order valence-electron chi connectivity index (χ0n) is 12.6. The van der Waals surface area contributed by atoms with E-state index in [2.05, 4.69) is 27.4 Å². The standard InChI is InChI=1S/C9H11N.C4H10.C3H6O/c1-7-4-3-5-9(6-7)8(2)10;1-4(2)3;1-3(2)4/h3-6H,2,10H2,1H3;4H,1-3H3;1-2H3. The smallest absolute Gasteiger partial charge is 0.126 e. The molecule has 0 spiro atoms. The van der Waals surface area contributed by atoms with Gasteiger partial charge in [0.15, 0.2) is 0 Å². The lowest BCUT2D eigenvalue weighted by Crippen LogP contribution is -1.93. The van der Waals surface area contributed by atoms with Crippen molar-refractivity contribution in [2.45, 2.75) is 41.5 Å². The number of ketones is 1. The molecule has 0 unspecified atom stereocenters. The van der Waals surface area contributed by atoms with E-state index >= 15 is 0 Å². The fraction of sp³-hybridized carbons (Fsp3) is 0.438. The Labute approximate surface area is 112 Å². The van der Waals surface area contributed by atoms with E-state index < -0.39 is 0 Å². The molecule has 0 heterocycles. The summed E-state index contributed by atoms with van der Waals surface area (Å²) in [7, 11) is 0. The van der Waals surface area contributed by atoms with E-state index in [9.17, 15) is 4.79 Å². The number of carbonyl (C=O) groups excluding carboxylic acids is 1. The first-order chi connectivity index (χ1) is 8.16. The third kappa shape index (κ3) is 16.8. The van der Waals surface area contributed by atoms with Crippen molar-refractivity contribution in [3.63, 3.8) is 0 Å². The van der Waals surface area contributed by atoms with Gasteiger partial charge in [0.1, 0.15) is 5.78 Å². The molecule has 0 aliphatic rings. The van der Waals surface area contributed by atoms with Crippen LogP contribution in [0.5, 0.6) is 0 Å². The molecule has 0 fully saturated rings. The highest BCUT2D eigenvalue weighted by atomic mass is 16.1. The van der Waals surface area contributed by atoms with Gasteiger partial charge in [0.25, 0.3) is 0 Å². The van der Waals surface area contributed by atoms with Crippen LogP contribution in [0.3, 0.4) is 0 Å². The quantitative estimate of drug-likeness (QED) is 0.811. The van der Waals surface area contributed by atoms with Crippen LogP contribution in [0.1, 0.15) is 45.7 Å². The van der Waals surface area contributed by atoms with Gasteiger partial charge in [0.2, 0.25) is 0 Å². The van der Waals surface area contributed by atoms with Crippen molar-refractivity contribution in [3.8, 4) is 0 Å². The predicted molar refractivity (Wildman–Crippen MR) is 81.3 cm³/mol. The lowest BCUT2D eigenvalue weighted by Gasteiger charge is -1.98. The molecule has 0 atom stereocenters. The van der Waals surface area contributed by atoms with Crippen molar-refractivity contribution in [1.82, 2.24) is 0 Å². The largest absolute Gasteiger partial charge is 0.399 e. The number of aryl methyl sites for hydroxylation is 1. The first kappa shape index (κ1) is 18.8. The Bertz CT molecular complexity index is 360. The number of hydrogen-bond acceptors (Lipinski definition) is 2. The zero-order valence-corrected chi connectivity index (χ0v) is 12.6. The number of Topliss-reactive ketones (excluding diaryl/α,β-unsaturated/α-hetero) is 1. The van der Waals surface area contributed by atoms with E-state index in [-0.39, 0.29) is 5.78 Å². The van der Waals surface area contributed by atoms with Crippen molar-refractivity contribution in [2.24, 2.45) is 11.7 Å². The Hall–Kier alpha value is -1.57. The molecule has 102 valence electrons. The van der Waals surface area contributed by atoms with E-state index in [4.69, 9.17) is 5.73 Å². The third-order valence-corrected chi connectivity index (χ3v) is 1.39. The molecule has 0 saturated carbocycles. The average Bonchev–Trinajstić information content (AvgIpc) is 2.15. The monoisotopic (exact) mass is 249 g/mol. The summed E-state index contributed by atoms with van der Waals surface area (Å²) in [5.41, 5.74) is 8.34. The molecule has 0 aromatic heterocycles. The highest BCUT2D eigenvalue weighted by Gasteiger charge is 1.91. The Balaban J connectivity index is 0. The van der Waals surface area contributed by atoms with Crippen molar-refractivity contribution in [2.75, 3.05) is 0 Å². The van der Waals surface area contributed by atoms with Gasteiger partial charge in [0.05, 0.1) is 0 Å². The summed E-state index contributed by atoms with van der Waals surface area (Å²) in [6.07, 6.45) is 0. The van der Waals surface area contributed by atoms with Gasteiger partial charge < -0.3 is 10.5 Å². The van der Waals surface area contributed by atoms with E-state index in [1.54, 1.807) is 0 Å². The van der Waals surface area contributed by atoms with Crippen LogP contribution < -0.4 is 5.73 Å². The lowest BCUT2D eigenvalue weighted by molar-refractivity contribution is -0.114. The zero-order chi connectivity index (χ0) is 14.7. The van der Waals surface area contributed by atoms with Gasteiger partial charge in [-0.3, -0.25) is 0 Å². The minimum atomic E-state index is 0.167. The van der Waals surface area contributed by atoms with Crippen molar-refractivity contribution >= 4 is 11.5 Å². The van der Waals surface area contributed by atoms with Crippen LogP contribution >= 0.6 is 0 Å². The second kappa shape index (κ2) is 10.6. The van der Waals surface area contributed by atoms with Gasteiger partial charge >= 0.3 is 0 Å². The fourth-order valence-corrected chi connectivity index (χ4v) is 0.845. The second-order valence-electron chi connectivity index (χ2n) is 5.04. The maximum atomic E-state index is 9.44. The van der Waals surface area contributed by atoms with Crippen molar-refractivity contribution in [3.05, 3.63) is 42.0 Å². The van der Waals surface area contributed by atoms with E-state index in [1.165, 1.54) is 19.4 Å². The van der Waals surface area contributed by atoms with Crippen LogP contribution in [0.15, 0.2) is 30.8 Å². The number of nitrogens with two attached hydrogens (primary N) is 1. The molecule has 0 radical (unpaired) electrons. The maximum Gasteiger partial charge on any atom is 0.126 e. The minimum Gasteiger partial charge on any atom is -0.399 e. The van der Waals surface area contributed by atoms with Gasteiger partial charge in [-0.1, -0.05) is 51.1 Å². The molecule has 0 aliphatic carbocycles. The summed E-state index contributed by atoms with van der Waals surface area (Å²) in [4.78, 5) is 9.44. The minimum absolute atomic E-state index is 0.167. The highest BCUT2D eigenvalue weighted by Crippen LogP contribution is 2.08. The Morgan fingerprint density at radius 3 is 1.83 bits per heavy atom. The number of rotatable bonds is 1. The highest BCUT2D eigenvalue weighted by molar-refractivity contribution is 5.72. The van der Waals surface area contributed by atoms with Crippen LogP contribution in [0.4, 0.5) is 0 Å². The van der Waals surface area contributed by atoms with Crippen LogP contribution in [-0.2, 0) is 4.79 Å². The van der Waals surface area contributed by atoms with Gasteiger partial charge in [-0.05, 0) is 38.3 Å². The average molecular weight is 249 g/mol. The summed E-state index contributed by atoms with van der Waals surface area (Å²) in [6.45, 7) is 15.2. The van der Waals surface area contributed by atoms with Crippen LogP contribution in [-0.4, -0.2) is 5.78 Å². The SMILES string of the molecule is C=C(N)c1cccc(C)c1.CC(C)=O.CC(C)C.